The van der Waals surface area contributed by atoms with Crippen molar-refractivity contribution < 1.29 is 4.79 Å². The van der Waals surface area contributed by atoms with Gasteiger partial charge in [0.2, 0.25) is 0 Å². The molecule has 0 aromatic heterocycles. The summed E-state index contributed by atoms with van der Waals surface area (Å²) in [5.41, 5.74) is 4.77. The molecule has 0 unspecified atom stereocenters. The minimum atomic E-state index is -1.13. The second kappa shape index (κ2) is 10.6. The first-order chi connectivity index (χ1) is 16.9. The zero-order valence-electron chi connectivity index (χ0n) is 21.0. The number of anilines is 2. The van der Waals surface area contributed by atoms with Gasteiger partial charge in [-0.25, -0.2) is 0 Å². The van der Waals surface area contributed by atoms with Crippen molar-refractivity contribution in [3.8, 4) is 0 Å². The molecule has 35 heavy (non-hydrogen) atoms. The Kier molecular flexibility index (Phi) is 7.36. The quantitative estimate of drug-likeness (QED) is 0.279. The maximum Gasteiger partial charge on any atom is 0.259 e. The largest absolute Gasteiger partial charge is 0.364 e. The zero-order chi connectivity index (χ0) is 24.8. The maximum atomic E-state index is 14.3. The molecule has 4 aromatic carbocycles. The summed E-state index contributed by atoms with van der Waals surface area (Å²) in [5.74, 6) is 0.734. The molecule has 1 amide bonds. The smallest absolute Gasteiger partial charge is 0.259 e. The van der Waals surface area contributed by atoms with Gasteiger partial charge in [0.05, 0.1) is 0 Å². The third-order valence-corrected chi connectivity index (χ3v) is 6.50. The number of rotatable bonds is 8. The number of hydrogen-bond donors (Lipinski definition) is 2. The summed E-state index contributed by atoms with van der Waals surface area (Å²) in [6.45, 7) is 8.69. The van der Waals surface area contributed by atoms with E-state index >= 15 is 0 Å². The minimum absolute atomic E-state index is 0.139. The van der Waals surface area contributed by atoms with Crippen molar-refractivity contribution in [2.45, 2.75) is 45.1 Å². The molecule has 0 saturated carbocycles. The van der Waals surface area contributed by atoms with Crippen LogP contribution in [0.25, 0.3) is 0 Å². The van der Waals surface area contributed by atoms with E-state index in [1.165, 1.54) is 11.1 Å². The number of benzene rings is 4. The van der Waals surface area contributed by atoms with E-state index in [1.807, 2.05) is 72.8 Å². The predicted molar refractivity (Wildman–Crippen MR) is 147 cm³/mol. The van der Waals surface area contributed by atoms with Crippen LogP contribution in [-0.2, 0) is 10.3 Å². The lowest BCUT2D eigenvalue weighted by molar-refractivity contribution is -0.119. The summed E-state index contributed by atoms with van der Waals surface area (Å²) >= 11 is 0. The molecule has 0 bridgehead atoms. The average Bonchev–Trinajstić information content (AvgIpc) is 2.89. The monoisotopic (exact) mass is 462 g/mol. The van der Waals surface area contributed by atoms with Crippen LogP contribution in [0.5, 0.6) is 0 Å². The molecule has 4 aromatic rings. The topological polar surface area (TPSA) is 41.1 Å². The standard InChI is InChI=1S/C32H34N2O/c1-23(2)25-15-19-29(20-16-25)33-31(35)32(27-11-7-5-8-12-27,28-13-9-6-10-14-28)34-30-21-17-26(18-22-30)24(3)4/h5-24,34H,1-4H3,(H,33,35). The van der Waals surface area contributed by atoms with Crippen LogP contribution in [0, 0.1) is 0 Å². The molecule has 0 aliphatic rings. The van der Waals surface area contributed by atoms with Crippen LogP contribution in [0.2, 0.25) is 0 Å². The van der Waals surface area contributed by atoms with E-state index in [0.717, 1.165) is 22.5 Å². The van der Waals surface area contributed by atoms with Gasteiger partial charge in [0.25, 0.3) is 5.91 Å². The first kappa shape index (κ1) is 24.3. The van der Waals surface area contributed by atoms with Crippen LogP contribution in [-0.4, -0.2) is 5.91 Å². The van der Waals surface area contributed by atoms with Gasteiger partial charge in [-0.15, -0.1) is 0 Å². The lowest BCUT2D eigenvalue weighted by Crippen LogP contribution is -2.48. The van der Waals surface area contributed by atoms with Gasteiger partial charge in [0.15, 0.2) is 5.54 Å². The Morgan fingerprint density at radius 2 is 0.971 bits per heavy atom. The molecule has 3 heteroatoms. The van der Waals surface area contributed by atoms with E-state index in [2.05, 4.69) is 74.7 Å². The zero-order valence-corrected chi connectivity index (χ0v) is 21.0. The van der Waals surface area contributed by atoms with E-state index in [4.69, 9.17) is 0 Å². The van der Waals surface area contributed by atoms with Crippen LogP contribution in [0.3, 0.4) is 0 Å². The molecule has 0 fully saturated rings. The Hall–Kier alpha value is -3.85. The summed E-state index contributed by atoms with van der Waals surface area (Å²) in [5, 5.41) is 6.82. The number of hydrogen-bond acceptors (Lipinski definition) is 2. The number of carbonyl (C=O) groups is 1. The van der Waals surface area contributed by atoms with Gasteiger partial charge in [-0.2, -0.15) is 0 Å². The summed E-state index contributed by atoms with van der Waals surface area (Å²) < 4.78 is 0. The number of amides is 1. The van der Waals surface area contributed by atoms with Gasteiger partial charge in [0.1, 0.15) is 0 Å². The van der Waals surface area contributed by atoms with Crippen molar-refractivity contribution in [1.29, 1.82) is 0 Å². The SMILES string of the molecule is CC(C)c1ccc(NC(=O)C(Nc2ccc(C(C)C)cc2)(c2ccccc2)c2ccccc2)cc1. The Balaban J connectivity index is 1.81. The molecule has 3 nitrogen and oxygen atoms in total. The maximum absolute atomic E-state index is 14.3. The summed E-state index contributed by atoms with van der Waals surface area (Å²) in [4.78, 5) is 14.3. The predicted octanol–water partition coefficient (Wildman–Crippen LogP) is 7.93. The fraction of sp³-hybridized carbons (Fsp3) is 0.219. The summed E-state index contributed by atoms with van der Waals surface area (Å²) in [7, 11) is 0. The molecule has 178 valence electrons. The molecule has 0 spiro atoms. The van der Waals surface area contributed by atoms with Gasteiger partial charge in [-0.3, -0.25) is 4.79 Å². The van der Waals surface area contributed by atoms with E-state index < -0.39 is 5.54 Å². The first-order valence-electron chi connectivity index (χ1n) is 12.3. The molecule has 0 aliphatic carbocycles. The second-order valence-electron chi connectivity index (χ2n) is 9.61. The van der Waals surface area contributed by atoms with Crippen LogP contribution in [0.15, 0.2) is 109 Å². The molecular weight excluding hydrogens is 428 g/mol. The third-order valence-electron chi connectivity index (χ3n) is 6.50. The van der Waals surface area contributed by atoms with Gasteiger partial charge in [0, 0.05) is 11.4 Å². The van der Waals surface area contributed by atoms with Crippen molar-refractivity contribution in [3.63, 3.8) is 0 Å². The highest BCUT2D eigenvalue weighted by molar-refractivity contribution is 6.03. The van der Waals surface area contributed by atoms with Crippen LogP contribution < -0.4 is 10.6 Å². The van der Waals surface area contributed by atoms with Gasteiger partial charge < -0.3 is 10.6 Å². The van der Waals surface area contributed by atoms with Crippen molar-refractivity contribution in [2.24, 2.45) is 0 Å². The third kappa shape index (κ3) is 5.30. The highest BCUT2D eigenvalue weighted by Gasteiger charge is 2.42. The normalized spacial score (nSPS) is 11.5. The lowest BCUT2D eigenvalue weighted by Gasteiger charge is -2.35. The molecule has 2 N–H and O–H groups in total. The van der Waals surface area contributed by atoms with E-state index in [0.29, 0.717) is 11.8 Å². The fourth-order valence-electron chi connectivity index (χ4n) is 4.35. The minimum Gasteiger partial charge on any atom is -0.364 e. The average molecular weight is 463 g/mol. The van der Waals surface area contributed by atoms with E-state index in [-0.39, 0.29) is 5.91 Å². The molecule has 4 rings (SSSR count). The second-order valence-corrected chi connectivity index (χ2v) is 9.61. The molecule has 0 saturated heterocycles. The molecule has 0 radical (unpaired) electrons. The van der Waals surface area contributed by atoms with E-state index in [9.17, 15) is 4.79 Å². The fourth-order valence-corrected chi connectivity index (χ4v) is 4.35. The Morgan fingerprint density at radius 1 is 0.571 bits per heavy atom. The molecule has 0 aliphatic heterocycles. The highest BCUT2D eigenvalue weighted by Crippen LogP contribution is 2.36. The number of carbonyl (C=O) groups excluding carboxylic acids is 1. The Morgan fingerprint density at radius 3 is 1.37 bits per heavy atom. The van der Waals surface area contributed by atoms with Crippen LogP contribution in [0.1, 0.15) is 61.8 Å². The summed E-state index contributed by atoms with van der Waals surface area (Å²) in [6, 6.07) is 36.3. The molecule has 0 heterocycles. The van der Waals surface area contributed by atoms with Crippen molar-refractivity contribution in [3.05, 3.63) is 131 Å². The van der Waals surface area contributed by atoms with Crippen molar-refractivity contribution in [2.75, 3.05) is 10.6 Å². The van der Waals surface area contributed by atoms with Gasteiger partial charge in [-0.1, -0.05) is 113 Å². The summed E-state index contributed by atoms with van der Waals surface area (Å²) in [6.07, 6.45) is 0. The first-order valence-corrected chi connectivity index (χ1v) is 12.3. The number of nitrogens with one attached hydrogen (secondary N) is 2. The van der Waals surface area contributed by atoms with Gasteiger partial charge in [-0.05, 0) is 58.4 Å². The van der Waals surface area contributed by atoms with Crippen LogP contribution in [0.4, 0.5) is 11.4 Å². The Bertz CT molecular complexity index is 1190. The molecular formula is C32H34N2O. The van der Waals surface area contributed by atoms with Crippen molar-refractivity contribution >= 4 is 17.3 Å². The Labute approximate surface area is 209 Å². The lowest BCUT2D eigenvalue weighted by atomic mass is 9.81. The highest BCUT2D eigenvalue weighted by atomic mass is 16.2. The van der Waals surface area contributed by atoms with Crippen molar-refractivity contribution in [1.82, 2.24) is 0 Å². The molecule has 0 atom stereocenters. The van der Waals surface area contributed by atoms with Crippen LogP contribution >= 0.6 is 0 Å². The van der Waals surface area contributed by atoms with E-state index in [1.54, 1.807) is 0 Å². The van der Waals surface area contributed by atoms with Gasteiger partial charge >= 0.3 is 0 Å².